The third-order valence-electron chi connectivity index (χ3n) is 3.09. The second kappa shape index (κ2) is 7.82. The number of aliphatic hydroxyl groups is 1. The van der Waals surface area contributed by atoms with Crippen molar-refractivity contribution in [1.82, 2.24) is 4.72 Å². The summed E-state index contributed by atoms with van der Waals surface area (Å²) in [5, 5.41) is 8.99. The van der Waals surface area contributed by atoms with Gasteiger partial charge >= 0.3 is 0 Å². The maximum absolute atomic E-state index is 13.5. The Bertz CT molecular complexity index is 541. The fourth-order valence-corrected chi connectivity index (χ4v) is 3.44. The number of halogens is 2. The van der Waals surface area contributed by atoms with Crippen molar-refractivity contribution in [3.63, 3.8) is 0 Å². The van der Waals surface area contributed by atoms with Gasteiger partial charge in [-0.05, 0) is 36.8 Å². The molecule has 1 atom stereocenters. The highest BCUT2D eigenvalue weighted by Gasteiger charge is 2.24. The number of hydrogen-bond donors (Lipinski definition) is 2. The fraction of sp³-hybridized carbons (Fsp3) is 0.571. The van der Waals surface area contributed by atoms with Crippen LogP contribution in [0.3, 0.4) is 0 Å². The molecule has 0 aliphatic carbocycles. The first-order valence-electron chi connectivity index (χ1n) is 6.82. The average molecular weight is 321 g/mol. The Morgan fingerprint density at radius 2 is 1.81 bits per heavy atom. The summed E-state index contributed by atoms with van der Waals surface area (Å²) < 4.78 is 53.3. The molecule has 21 heavy (non-hydrogen) atoms. The molecular weight excluding hydrogens is 300 g/mol. The van der Waals surface area contributed by atoms with Gasteiger partial charge in [-0.15, -0.1) is 0 Å². The van der Waals surface area contributed by atoms with Crippen molar-refractivity contribution in [3.8, 4) is 0 Å². The predicted molar refractivity (Wildman–Crippen MR) is 76.2 cm³/mol. The lowest BCUT2D eigenvalue weighted by Crippen LogP contribution is -2.31. The van der Waals surface area contributed by atoms with E-state index in [-0.39, 0.29) is 19.1 Å². The highest BCUT2D eigenvalue weighted by Crippen LogP contribution is 2.19. The van der Waals surface area contributed by atoms with Gasteiger partial charge in [0.1, 0.15) is 11.6 Å². The third kappa shape index (κ3) is 5.33. The summed E-state index contributed by atoms with van der Waals surface area (Å²) >= 11 is 0. The third-order valence-corrected chi connectivity index (χ3v) is 4.57. The van der Waals surface area contributed by atoms with E-state index in [0.29, 0.717) is 18.8 Å². The largest absolute Gasteiger partial charge is 0.396 e. The number of aliphatic hydroxyl groups excluding tert-OH is 1. The van der Waals surface area contributed by atoms with Gasteiger partial charge in [0.2, 0.25) is 10.0 Å². The topological polar surface area (TPSA) is 66.4 Å². The van der Waals surface area contributed by atoms with Crippen LogP contribution in [0.1, 0.15) is 26.7 Å². The van der Waals surface area contributed by atoms with E-state index in [1.54, 1.807) is 0 Å². The monoisotopic (exact) mass is 321 g/mol. The molecule has 1 rings (SSSR count). The summed E-state index contributed by atoms with van der Waals surface area (Å²) in [7, 11) is -4.25. The molecule has 1 aromatic rings. The lowest BCUT2D eigenvalue weighted by molar-refractivity contribution is 0.243. The summed E-state index contributed by atoms with van der Waals surface area (Å²) in [6, 6.07) is 2.91. The minimum absolute atomic E-state index is 0.0366. The van der Waals surface area contributed by atoms with Gasteiger partial charge in [0.15, 0.2) is 4.90 Å². The van der Waals surface area contributed by atoms with Crippen molar-refractivity contribution in [3.05, 3.63) is 29.8 Å². The van der Waals surface area contributed by atoms with Crippen molar-refractivity contribution >= 4 is 10.0 Å². The van der Waals surface area contributed by atoms with E-state index in [4.69, 9.17) is 5.11 Å². The van der Waals surface area contributed by atoms with Crippen molar-refractivity contribution in [2.24, 2.45) is 11.8 Å². The number of benzene rings is 1. The normalized spacial score (nSPS) is 13.6. The van der Waals surface area contributed by atoms with Gasteiger partial charge in [-0.3, -0.25) is 0 Å². The van der Waals surface area contributed by atoms with Crippen LogP contribution in [0.2, 0.25) is 0 Å². The number of sulfonamides is 1. The van der Waals surface area contributed by atoms with Gasteiger partial charge < -0.3 is 5.11 Å². The molecule has 0 aromatic heterocycles. The predicted octanol–water partition coefficient (Wildman–Crippen LogP) is 2.29. The van der Waals surface area contributed by atoms with E-state index < -0.39 is 26.6 Å². The first-order chi connectivity index (χ1) is 9.77. The molecule has 7 heteroatoms. The van der Waals surface area contributed by atoms with Crippen molar-refractivity contribution < 1.29 is 22.3 Å². The van der Waals surface area contributed by atoms with Gasteiger partial charge in [0.05, 0.1) is 0 Å². The Hall–Kier alpha value is -1.05. The molecule has 0 aliphatic rings. The zero-order chi connectivity index (χ0) is 16.0. The summed E-state index contributed by atoms with van der Waals surface area (Å²) in [6.07, 6.45) is 1.14. The van der Waals surface area contributed by atoms with E-state index in [2.05, 4.69) is 4.72 Å². The molecule has 0 amide bonds. The Balaban J connectivity index is 2.85. The lowest BCUT2D eigenvalue weighted by Gasteiger charge is -2.19. The zero-order valence-corrected chi connectivity index (χ0v) is 13.0. The van der Waals surface area contributed by atoms with Gasteiger partial charge in [-0.1, -0.05) is 19.9 Å². The lowest BCUT2D eigenvalue weighted by atomic mass is 9.95. The summed E-state index contributed by atoms with van der Waals surface area (Å²) in [6.45, 7) is 3.94. The summed E-state index contributed by atoms with van der Waals surface area (Å²) in [5.74, 6) is -1.99. The van der Waals surface area contributed by atoms with Crippen LogP contribution in [-0.2, 0) is 10.0 Å². The summed E-state index contributed by atoms with van der Waals surface area (Å²) in [5.41, 5.74) is 0. The highest BCUT2D eigenvalue weighted by molar-refractivity contribution is 7.89. The van der Waals surface area contributed by atoms with Crippen LogP contribution >= 0.6 is 0 Å². The molecular formula is C14H21F2NO3S. The van der Waals surface area contributed by atoms with Gasteiger partial charge in [-0.25, -0.2) is 21.9 Å². The molecule has 0 aliphatic heterocycles. The Morgan fingerprint density at radius 3 is 2.29 bits per heavy atom. The van der Waals surface area contributed by atoms with Crippen molar-refractivity contribution in [2.45, 2.75) is 31.6 Å². The molecule has 0 saturated heterocycles. The van der Waals surface area contributed by atoms with E-state index in [1.807, 2.05) is 13.8 Å². The maximum Gasteiger partial charge on any atom is 0.246 e. The van der Waals surface area contributed by atoms with E-state index in [1.165, 1.54) is 0 Å². The summed E-state index contributed by atoms with van der Waals surface area (Å²) in [4.78, 5) is -0.961. The first-order valence-corrected chi connectivity index (χ1v) is 8.30. The van der Waals surface area contributed by atoms with Crippen LogP contribution < -0.4 is 4.72 Å². The van der Waals surface area contributed by atoms with Crippen LogP contribution in [0.25, 0.3) is 0 Å². The molecule has 0 radical (unpaired) electrons. The van der Waals surface area contributed by atoms with Crippen LogP contribution in [0.15, 0.2) is 23.1 Å². The van der Waals surface area contributed by atoms with Gasteiger partial charge in [0.25, 0.3) is 0 Å². The number of hydrogen-bond acceptors (Lipinski definition) is 3. The Labute approximate surface area is 124 Å². The minimum Gasteiger partial charge on any atom is -0.396 e. The van der Waals surface area contributed by atoms with E-state index in [9.17, 15) is 17.2 Å². The second-order valence-corrected chi connectivity index (χ2v) is 7.11. The van der Waals surface area contributed by atoms with Crippen LogP contribution in [-0.4, -0.2) is 26.7 Å². The molecule has 0 bridgehead atoms. The highest BCUT2D eigenvalue weighted by atomic mass is 32.2. The molecule has 0 saturated carbocycles. The first kappa shape index (κ1) is 18.0. The number of rotatable bonds is 8. The van der Waals surface area contributed by atoms with E-state index in [0.717, 1.165) is 18.2 Å². The Kier molecular flexibility index (Phi) is 6.70. The molecule has 4 nitrogen and oxygen atoms in total. The SMILES string of the molecule is CC(C)CC(CCO)CNS(=O)(=O)c1c(F)cccc1F. The maximum atomic E-state index is 13.5. The molecule has 1 unspecified atom stereocenters. The quantitative estimate of drug-likeness (QED) is 0.772. The second-order valence-electron chi connectivity index (χ2n) is 5.41. The smallest absolute Gasteiger partial charge is 0.246 e. The zero-order valence-electron chi connectivity index (χ0n) is 12.1. The van der Waals surface area contributed by atoms with E-state index >= 15 is 0 Å². The van der Waals surface area contributed by atoms with Gasteiger partial charge in [0, 0.05) is 13.2 Å². The average Bonchev–Trinajstić information content (AvgIpc) is 2.35. The molecule has 1 aromatic carbocycles. The van der Waals surface area contributed by atoms with Crippen molar-refractivity contribution in [1.29, 1.82) is 0 Å². The molecule has 120 valence electrons. The molecule has 0 fully saturated rings. The fourth-order valence-electron chi connectivity index (χ4n) is 2.19. The van der Waals surface area contributed by atoms with Crippen LogP contribution in [0.5, 0.6) is 0 Å². The Morgan fingerprint density at radius 1 is 1.24 bits per heavy atom. The number of nitrogens with one attached hydrogen (secondary N) is 1. The van der Waals surface area contributed by atoms with Crippen LogP contribution in [0.4, 0.5) is 8.78 Å². The van der Waals surface area contributed by atoms with Crippen LogP contribution in [0, 0.1) is 23.5 Å². The standard InChI is InChI=1S/C14H21F2NO3S/c1-10(2)8-11(6-7-18)9-17-21(19,20)14-12(15)4-3-5-13(14)16/h3-5,10-11,17-18H,6-9H2,1-2H3. The van der Waals surface area contributed by atoms with Gasteiger partial charge in [-0.2, -0.15) is 0 Å². The molecule has 0 spiro atoms. The molecule has 0 heterocycles. The molecule has 2 N–H and O–H groups in total. The van der Waals surface area contributed by atoms with Crippen molar-refractivity contribution in [2.75, 3.05) is 13.2 Å². The minimum atomic E-state index is -4.25.